The van der Waals surface area contributed by atoms with E-state index in [9.17, 15) is 4.79 Å². The minimum absolute atomic E-state index is 0.0598. The third-order valence-electron chi connectivity index (χ3n) is 4.41. The average molecular weight is 242 g/mol. The Morgan fingerprint density at radius 2 is 1.94 bits per heavy atom. The van der Waals surface area contributed by atoms with E-state index in [-0.39, 0.29) is 31.1 Å². The number of fused-ring (bicyclic) bond motifs is 2. The highest BCUT2D eigenvalue weighted by molar-refractivity contribution is 5.81. The van der Waals surface area contributed by atoms with E-state index in [1.165, 1.54) is 0 Å². The van der Waals surface area contributed by atoms with Gasteiger partial charge in [-0.15, -0.1) is 0 Å². The Kier molecular flexibility index (Phi) is 3.43. The summed E-state index contributed by atoms with van der Waals surface area (Å²) < 4.78 is 0. The van der Waals surface area contributed by atoms with Crippen molar-refractivity contribution >= 4 is 5.91 Å². The summed E-state index contributed by atoms with van der Waals surface area (Å²) in [5, 5.41) is 21.1. The highest BCUT2D eigenvalue weighted by Crippen LogP contribution is 2.47. The monoisotopic (exact) mass is 242 g/mol. The molecular formula is C12H22N2O3. The van der Waals surface area contributed by atoms with E-state index in [2.05, 4.69) is 5.32 Å². The van der Waals surface area contributed by atoms with Gasteiger partial charge in [0.15, 0.2) is 0 Å². The van der Waals surface area contributed by atoms with Gasteiger partial charge in [-0.1, -0.05) is 0 Å². The summed E-state index contributed by atoms with van der Waals surface area (Å²) in [6.07, 6.45) is 3.26. The molecule has 2 saturated carbocycles. The highest BCUT2D eigenvalue weighted by atomic mass is 16.3. The molecule has 5 nitrogen and oxygen atoms in total. The zero-order valence-electron chi connectivity index (χ0n) is 10.2. The Morgan fingerprint density at radius 1 is 1.35 bits per heavy atom. The zero-order valence-corrected chi connectivity index (χ0v) is 10.2. The molecule has 5 N–H and O–H groups in total. The molecule has 0 aromatic rings. The van der Waals surface area contributed by atoms with Gasteiger partial charge in [0, 0.05) is 6.04 Å². The van der Waals surface area contributed by atoms with Gasteiger partial charge in [-0.3, -0.25) is 4.79 Å². The first kappa shape index (κ1) is 12.8. The van der Waals surface area contributed by atoms with Crippen molar-refractivity contribution in [3.63, 3.8) is 0 Å². The molecule has 2 aliphatic carbocycles. The van der Waals surface area contributed by atoms with E-state index in [4.69, 9.17) is 15.9 Å². The first-order valence-corrected chi connectivity index (χ1v) is 6.30. The van der Waals surface area contributed by atoms with Crippen LogP contribution in [0.3, 0.4) is 0 Å². The van der Waals surface area contributed by atoms with Crippen molar-refractivity contribution < 1.29 is 15.0 Å². The Hall–Kier alpha value is -0.650. The minimum atomic E-state index is -0.946. The van der Waals surface area contributed by atoms with Gasteiger partial charge in [0.1, 0.15) is 0 Å². The van der Waals surface area contributed by atoms with Crippen LogP contribution < -0.4 is 11.1 Å². The van der Waals surface area contributed by atoms with E-state index < -0.39 is 5.54 Å². The second-order valence-electron chi connectivity index (χ2n) is 5.80. The maximum Gasteiger partial charge on any atom is 0.225 e. The normalized spacial score (nSPS) is 36.2. The van der Waals surface area contributed by atoms with Gasteiger partial charge < -0.3 is 21.3 Å². The molecule has 2 bridgehead atoms. The van der Waals surface area contributed by atoms with Crippen molar-refractivity contribution in [1.29, 1.82) is 0 Å². The molecule has 0 spiro atoms. The molecule has 1 amide bonds. The van der Waals surface area contributed by atoms with Crippen molar-refractivity contribution in [3.05, 3.63) is 0 Å². The number of amides is 1. The second kappa shape index (κ2) is 4.55. The molecule has 0 aromatic heterocycles. The number of hydrogen-bond acceptors (Lipinski definition) is 4. The summed E-state index contributed by atoms with van der Waals surface area (Å²) in [5.74, 6) is 0.600. The summed E-state index contributed by atoms with van der Waals surface area (Å²) in [7, 11) is 0. The molecule has 0 aliphatic heterocycles. The standard InChI is InChI=1S/C12H22N2O3/c1-12(5-15,6-16)14-11(17)9-7-2-3-8(4-7)10(9)13/h7-10,15-16H,2-6,13H2,1H3,(H,14,17). The molecule has 2 aliphatic rings. The smallest absolute Gasteiger partial charge is 0.225 e. The summed E-state index contributed by atoms with van der Waals surface area (Å²) in [4.78, 5) is 12.2. The number of nitrogens with one attached hydrogen (secondary N) is 1. The lowest BCUT2D eigenvalue weighted by Crippen LogP contribution is -2.56. The van der Waals surface area contributed by atoms with Crippen LogP contribution in [-0.4, -0.2) is 40.9 Å². The fraction of sp³-hybridized carbons (Fsp3) is 0.917. The number of hydrogen-bond donors (Lipinski definition) is 4. The maximum absolute atomic E-state index is 12.2. The van der Waals surface area contributed by atoms with Crippen molar-refractivity contribution in [3.8, 4) is 0 Å². The molecule has 0 heterocycles. The lowest BCUT2D eigenvalue weighted by atomic mass is 9.84. The fourth-order valence-corrected chi connectivity index (χ4v) is 3.23. The van der Waals surface area contributed by atoms with E-state index in [1.807, 2.05) is 0 Å². The van der Waals surface area contributed by atoms with Crippen LogP contribution in [0, 0.1) is 17.8 Å². The van der Waals surface area contributed by atoms with Crippen LogP contribution in [0.2, 0.25) is 0 Å². The van der Waals surface area contributed by atoms with Crippen LogP contribution in [0.5, 0.6) is 0 Å². The van der Waals surface area contributed by atoms with Crippen LogP contribution in [0.1, 0.15) is 26.2 Å². The molecule has 4 unspecified atom stereocenters. The van der Waals surface area contributed by atoms with Crippen molar-refractivity contribution in [2.45, 2.75) is 37.8 Å². The number of carbonyl (C=O) groups excluding carboxylic acids is 1. The number of aliphatic hydroxyl groups excluding tert-OH is 2. The van der Waals surface area contributed by atoms with E-state index in [0.717, 1.165) is 19.3 Å². The van der Waals surface area contributed by atoms with Crippen LogP contribution in [0.4, 0.5) is 0 Å². The van der Waals surface area contributed by atoms with Crippen LogP contribution in [0.25, 0.3) is 0 Å². The molecule has 0 radical (unpaired) electrons. The summed E-state index contributed by atoms with van der Waals surface area (Å²) in [5.41, 5.74) is 5.14. The Morgan fingerprint density at radius 3 is 2.41 bits per heavy atom. The first-order chi connectivity index (χ1) is 8.00. The molecule has 0 saturated heterocycles. The van der Waals surface area contributed by atoms with Gasteiger partial charge in [0.25, 0.3) is 0 Å². The number of nitrogens with two attached hydrogens (primary N) is 1. The SMILES string of the molecule is CC(CO)(CO)NC(=O)C1C2CCC(C2)C1N. The molecular weight excluding hydrogens is 220 g/mol. The summed E-state index contributed by atoms with van der Waals surface area (Å²) in [6, 6.07) is -0.0598. The van der Waals surface area contributed by atoms with Crippen molar-refractivity contribution in [1.82, 2.24) is 5.32 Å². The van der Waals surface area contributed by atoms with Crippen molar-refractivity contribution in [2.24, 2.45) is 23.5 Å². The predicted molar refractivity (Wildman–Crippen MR) is 63.0 cm³/mol. The lowest BCUT2D eigenvalue weighted by Gasteiger charge is -2.32. The highest BCUT2D eigenvalue weighted by Gasteiger charge is 2.49. The van der Waals surface area contributed by atoms with Crippen LogP contribution >= 0.6 is 0 Å². The quantitative estimate of drug-likeness (QED) is 0.520. The van der Waals surface area contributed by atoms with Gasteiger partial charge in [-0.05, 0) is 38.0 Å². The Labute approximate surface area is 101 Å². The van der Waals surface area contributed by atoms with Crippen LogP contribution in [-0.2, 0) is 4.79 Å². The number of rotatable bonds is 4. The fourth-order valence-electron chi connectivity index (χ4n) is 3.23. The number of carbonyl (C=O) groups is 1. The third kappa shape index (κ3) is 2.19. The average Bonchev–Trinajstić information content (AvgIpc) is 2.89. The predicted octanol–water partition coefficient (Wildman–Crippen LogP) is -0.781. The van der Waals surface area contributed by atoms with Gasteiger partial charge >= 0.3 is 0 Å². The number of aliphatic hydroxyl groups is 2. The minimum Gasteiger partial charge on any atom is -0.394 e. The second-order valence-corrected chi connectivity index (χ2v) is 5.80. The maximum atomic E-state index is 12.2. The van der Waals surface area contributed by atoms with Gasteiger partial charge in [0.05, 0.1) is 24.7 Å². The molecule has 98 valence electrons. The first-order valence-electron chi connectivity index (χ1n) is 6.30. The van der Waals surface area contributed by atoms with E-state index in [1.54, 1.807) is 6.92 Å². The Bertz CT molecular complexity index is 302. The summed E-state index contributed by atoms with van der Waals surface area (Å²) >= 11 is 0. The van der Waals surface area contributed by atoms with Gasteiger partial charge in [0.2, 0.25) is 5.91 Å². The molecule has 4 atom stereocenters. The molecule has 2 fully saturated rings. The lowest BCUT2D eigenvalue weighted by molar-refractivity contribution is -0.130. The van der Waals surface area contributed by atoms with E-state index >= 15 is 0 Å². The summed E-state index contributed by atoms with van der Waals surface area (Å²) in [6.45, 7) is 1.08. The molecule has 0 aromatic carbocycles. The molecule has 2 rings (SSSR count). The van der Waals surface area contributed by atoms with Gasteiger partial charge in [-0.2, -0.15) is 0 Å². The zero-order chi connectivity index (χ0) is 12.6. The van der Waals surface area contributed by atoms with Crippen molar-refractivity contribution in [2.75, 3.05) is 13.2 Å². The van der Waals surface area contributed by atoms with Crippen LogP contribution in [0.15, 0.2) is 0 Å². The third-order valence-corrected chi connectivity index (χ3v) is 4.41. The van der Waals surface area contributed by atoms with E-state index in [0.29, 0.717) is 11.8 Å². The topological polar surface area (TPSA) is 95.6 Å². The molecule has 5 heteroatoms. The van der Waals surface area contributed by atoms with Gasteiger partial charge in [-0.25, -0.2) is 0 Å². The largest absolute Gasteiger partial charge is 0.394 e. The molecule has 17 heavy (non-hydrogen) atoms. The Balaban J connectivity index is 2.01.